The van der Waals surface area contributed by atoms with Crippen molar-refractivity contribution in [1.29, 1.82) is 0 Å². The lowest BCUT2D eigenvalue weighted by molar-refractivity contribution is -0.157. The average molecular weight is 427 g/mol. The third-order valence-corrected chi connectivity index (χ3v) is 6.97. The Morgan fingerprint density at radius 2 is 2.00 bits per heavy atom. The fraction of sp³-hybridized carbons (Fsp3) is 0.318. The largest absolute Gasteiger partial charge is 0.458 e. The summed E-state index contributed by atoms with van der Waals surface area (Å²) in [6.07, 6.45) is 0.924. The second kappa shape index (κ2) is 5.89. The Bertz CT molecular complexity index is 1400. The Labute approximate surface area is 174 Å². The van der Waals surface area contributed by atoms with E-state index < -0.39 is 17.9 Å². The number of aliphatic hydroxyl groups excluding tert-OH is 1. The fourth-order valence-electron chi connectivity index (χ4n) is 5.11. The van der Waals surface area contributed by atoms with E-state index in [4.69, 9.17) is 21.3 Å². The normalized spacial score (nSPS) is 18.8. The van der Waals surface area contributed by atoms with Gasteiger partial charge in [-0.2, -0.15) is 0 Å². The van der Waals surface area contributed by atoms with Crippen LogP contribution in [0.3, 0.4) is 0 Å². The van der Waals surface area contributed by atoms with Gasteiger partial charge in [-0.1, -0.05) is 11.6 Å². The minimum atomic E-state index is -1.51. The number of fused-ring (bicyclic) bond motifs is 5. The van der Waals surface area contributed by atoms with Crippen molar-refractivity contribution in [1.82, 2.24) is 9.55 Å². The maximum absolute atomic E-state index is 14.8. The van der Waals surface area contributed by atoms with Crippen LogP contribution in [0.5, 0.6) is 0 Å². The quantitative estimate of drug-likeness (QED) is 0.437. The second-order valence-corrected chi connectivity index (χ2v) is 8.47. The lowest BCUT2D eigenvalue weighted by Crippen LogP contribution is -2.32. The molecule has 152 valence electrons. The standard InChI is InChI=1S/C22H16ClFN2O4/c1-8-9-3-2-4-10-12-6-26-14(18(12)25-19(15(9)10)16(23)17(8)24)5-11-13(21(26)28)7-30-22(29)20(11)27/h5,20,27H,2-4,6-7H2,1H3. The summed E-state index contributed by atoms with van der Waals surface area (Å²) in [5.74, 6) is -1.24. The van der Waals surface area contributed by atoms with Crippen molar-refractivity contribution in [3.63, 3.8) is 0 Å². The van der Waals surface area contributed by atoms with Crippen LogP contribution in [0.1, 0.15) is 45.9 Å². The molecule has 0 fully saturated rings. The number of halogens is 2. The number of rotatable bonds is 0. The summed E-state index contributed by atoms with van der Waals surface area (Å²) in [6, 6.07) is 1.63. The molecular weight excluding hydrogens is 411 g/mol. The minimum absolute atomic E-state index is 0.0143. The first-order valence-electron chi connectivity index (χ1n) is 9.82. The maximum Gasteiger partial charge on any atom is 0.340 e. The Morgan fingerprint density at radius 1 is 1.23 bits per heavy atom. The summed E-state index contributed by atoms with van der Waals surface area (Å²) >= 11 is 6.37. The van der Waals surface area contributed by atoms with Gasteiger partial charge in [0.1, 0.15) is 17.4 Å². The van der Waals surface area contributed by atoms with Gasteiger partial charge in [0, 0.05) is 16.5 Å². The molecule has 8 heteroatoms. The van der Waals surface area contributed by atoms with Crippen LogP contribution in [0, 0.1) is 12.7 Å². The first-order valence-corrected chi connectivity index (χ1v) is 10.2. The van der Waals surface area contributed by atoms with Crippen molar-refractivity contribution in [2.75, 3.05) is 0 Å². The highest BCUT2D eigenvalue weighted by molar-refractivity contribution is 6.35. The second-order valence-electron chi connectivity index (χ2n) is 8.09. The van der Waals surface area contributed by atoms with Gasteiger partial charge in [0.15, 0.2) is 6.10 Å². The van der Waals surface area contributed by atoms with Crippen LogP contribution in [0.4, 0.5) is 4.39 Å². The van der Waals surface area contributed by atoms with Crippen molar-refractivity contribution < 1.29 is 19.0 Å². The summed E-state index contributed by atoms with van der Waals surface area (Å²) in [5.41, 5.74) is 5.13. The van der Waals surface area contributed by atoms with Gasteiger partial charge < -0.3 is 14.4 Å². The van der Waals surface area contributed by atoms with E-state index >= 15 is 0 Å². The van der Waals surface area contributed by atoms with Gasteiger partial charge in [-0.3, -0.25) is 4.79 Å². The number of carbonyl (C=O) groups is 1. The average Bonchev–Trinajstić information content (AvgIpc) is 3.12. The molecule has 6 nitrogen and oxygen atoms in total. The van der Waals surface area contributed by atoms with Crippen LogP contribution in [-0.4, -0.2) is 20.6 Å². The van der Waals surface area contributed by atoms with Crippen LogP contribution in [-0.2, 0) is 35.5 Å². The molecule has 3 aromatic rings. The number of esters is 1. The Kier molecular flexibility index (Phi) is 3.54. The number of hydrogen-bond acceptors (Lipinski definition) is 5. The van der Waals surface area contributed by atoms with E-state index in [9.17, 15) is 19.1 Å². The van der Waals surface area contributed by atoms with Gasteiger partial charge in [-0.05, 0) is 48.9 Å². The number of aryl methyl sites for hydroxylation is 2. The molecule has 0 amide bonds. The number of benzene rings is 1. The number of aliphatic hydroxyl groups is 1. The van der Waals surface area contributed by atoms with Crippen LogP contribution in [0.2, 0.25) is 5.02 Å². The van der Waals surface area contributed by atoms with E-state index in [1.54, 1.807) is 17.6 Å². The number of hydrogen-bond donors (Lipinski definition) is 1. The summed E-state index contributed by atoms with van der Waals surface area (Å²) in [7, 11) is 0. The van der Waals surface area contributed by atoms with Crippen molar-refractivity contribution in [3.05, 3.63) is 60.6 Å². The first-order chi connectivity index (χ1) is 14.4. The summed E-state index contributed by atoms with van der Waals surface area (Å²) in [5, 5.41) is 11.1. The highest BCUT2D eigenvalue weighted by atomic mass is 35.5. The van der Waals surface area contributed by atoms with Crippen molar-refractivity contribution in [2.45, 2.75) is 45.4 Å². The number of cyclic esters (lactones) is 1. The fourth-order valence-corrected chi connectivity index (χ4v) is 5.39. The molecule has 30 heavy (non-hydrogen) atoms. The van der Waals surface area contributed by atoms with Gasteiger partial charge in [-0.15, -0.1) is 0 Å². The smallest absolute Gasteiger partial charge is 0.340 e. The predicted molar refractivity (Wildman–Crippen MR) is 107 cm³/mol. The first kappa shape index (κ1) is 18.0. The predicted octanol–water partition coefficient (Wildman–Crippen LogP) is 3.11. The van der Waals surface area contributed by atoms with Crippen LogP contribution < -0.4 is 5.56 Å². The number of carbonyl (C=O) groups excluding carboxylic acids is 1. The monoisotopic (exact) mass is 426 g/mol. The van der Waals surface area contributed by atoms with Crippen LogP contribution >= 0.6 is 11.6 Å². The van der Waals surface area contributed by atoms with Crippen molar-refractivity contribution in [3.8, 4) is 11.4 Å². The molecule has 1 atom stereocenters. The Morgan fingerprint density at radius 3 is 2.80 bits per heavy atom. The lowest BCUT2D eigenvalue weighted by atomic mass is 9.84. The number of nitrogens with zero attached hydrogens (tertiary/aromatic N) is 2. The zero-order chi connectivity index (χ0) is 20.9. The van der Waals surface area contributed by atoms with Crippen LogP contribution in [0.15, 0.2) is 10.9 Å². The molecule has 0 spiro atoms. The molecule has 6 rings (SSSR count). The minimum Gasteiger partial charge on any atom is -0.458 e. The van der Waals surface area contributed by atoms with Gasteiger partial charge in [0.2, 0.25) is 0 Å². The lowest BCUT2D eigenvalue weighted by Gasteiger charge is -2.23. The van der Waals surface area contributed by atoms with Gasteiger partial charge >= 0.3 is 5.97 Å². The molecule has 1 aliphatic carbocycles. The van der Waals surface area contributed by atoms with Crippen molar-refractivity contribution >= 4 is 28.5 Å². The number of aromatic nitrogens is 2. The molecule has 3 aliphatic rings. The number of ether oxygens (including phenoxy) is 1. The molecule has 1 aromatic carbocycles. The third kappa shape index (κ3) is 2.09. The third-order valence-electron chi connectivity index (χ3n) is 6.62. The molecule has 2 aromatic heterocycles. The molecule has 1 N–H and O–H groups in total. The highest BCUT2D eigenvalue weighted by Gasteiger charge is 2.35. The van der Waals surface area contributed by atoms with E-state index in [2.05, 4.69) is 0 Å². The molecule has 4 heterocycles. The van der Waals surface area contributed by atoms with Gasteiger partial charge in [0.05, 0.1) is 29.0 Å². The Balaban J connectivity index is 1.71. The zero-order valence-electron chi connectivity index (χ0n) is 16.0. The highest BCUT2D eigenvalue weighted by Crippen LogP contribution is 2.44. The summed E-state index contributed by atoms with van der Waals surface area (Å²) in [4.78, 5) is 29.6. The van der Waals surface area contributed by atoms with Gasteiger partial charge in [-0.25, -0.2) is 14.2 Å². The molecule has 0 radical (unpaired) electrons. The molecule has 0 saturated heterocycles. The topological polar surface area (TPSA) is 81.4 Å². The SMILES string of the molecule is Cc1c(F)c(Cl)c2nc3c(c4c2c1CCC4)Cn1c-3cc2c(c1=O)COC(=O)C2O. The zero-order valence-corrected chi connectivity index (χ0v) is 16.8. The summed E-state index contributed by atoms with van der Waals surface area (Å²) < 4.78 is 21.3. The summed E-state index contributed by atoms with van der Waals surface area (Å²) in [6.45, 7) is 1.92. The van der Waals surface area contributed by atoms with Gasteiger partial charge in [0.25, 0.3) is 5.56 Å². The van der Waals surface area contributed by atoms with Crippen molar-refractivity contribution in [2.24, 2.45) is 0 Å². The maximum atomic E-state index is 14.8. The van der Waals surface area contributed by atoms with E-state index in [1.807, 2.05) is 0 Å². The van der Waals surface area contributed by atoms with Crippen LogP contribution in [0.25, 0.3) is 22.3 Å². The molecule has 2 aliphatic heterocycles. The van der Waals surface area contributed by atoms with E-state index in [-0.39, 0.29) is 28.3 Å². The van der Waals surface area contributed by atoms with E-state index in [1.165, 1.54) is 0 Å². The van der Waals surface area contributed by atoms with E-state index in [0.717, 1.165) is 41.3 Å². The molecular formula is C22H16ClFN2O4. The Hall–Kier alpha value is -2.77. The molecule has 0 bridgehead atoms. The number of pyridine rings is 2. The van der Waals surface area contributed by atoms with E-state index in [0.29, 0.717) is 29.0 Å². The molecule has 0 saturated carbocycles. The molecule has 1 unspecified atom stereocenters.